The number of rotatable bonds is 6. The van der Waals surface area contributed by atoms with Gasteiger partial charge in [0.1, 0.15) is 12.6 Å². The fourth-order valence-corrected chi connectivity index (χ4v) is 2.87. The maximum atomic E-state index is 12.7. The van der Waals surface area contributed by atoms with Crippen molar-refractivity contribution in [2.24, 2.45) is 0 Å². The van der Waals surface area contributed by atoms with Gasteiger partial charge in [0.05, 0.1) is 13.2 Å². The summed E-state index contributed by atoms with van der Waals surface area (Å²) in [6.45, 7) is 3.10. The van der Waals surface area contributed by atoms with Gasteiger partial charge in [0, 0.05) is 25.0 Å². The summed E-state index contributed by atoms with van der Waals surface area (Å²) in [6.07, 6.45) is 3.54. The van der Waals surface area contributed by atoms with Crippen LogP contribution in [-0.2, 0) is 27.4 Å². The van der Waals surface area contributed by atoms with Crippen LogP contribution in [0.5, 0.6) is 0 Å². The molecule has 25 heavy (non-hydrogen) atoms. The number of morpholine rings is 1. The first kappa shape index (κ1) is 17.2. The summed E-state index contributed by atoms with van der Waals surface area (Å²) in [5.41, 5.74) is 0.986. The van der Waals surface area contributed by atoms with E-state index in [9.17, 15) is 9.59 Å². The van der Waals surface area contributed by atoms with Crippen molar-refractivity contribution in [2.75, 3.05) is 13.2 Å². The highest BCUT2D eigenvalue weighted by Crippen LogP contribution is 2.14. The van der Waals surface area contributed by atoms with Crippen LogP contribution in [0, 0.1) is 0 Å². The summed E-state index contributed by atoms with van der Waals surface area (Å²) in [5, 5.41) is 7.09. The van der Waals surface area contributed by atoms with Gasteiger partial charge in [0.2, 0.25) is 11.8 Å². The van der Waals surface area contributed by atoms with Crippen LogP contribution in [0.3, 0.4) is 0 Å². The van der Waals surface area contributed by atoms with Gasteiger partial charge in [-0.15, -0.1) is 0 Å². The highest BCUT2D eigenvalue weighted by Gasteiger charge is 2.34. The lowest BCUT2D eigenvalue weighted by Crippen LogP contribution is -2.57. The summed E-state index contributed by atoms with van der Waals surface area (Å²) in [6, 6.07) is 10.7. The van der Waals surface area contributed by atoms with Crippen LogP contribution < -0.4 is 5.32 Å². The predicted molar refractivity (Wildman–Crippen MR) is 91.4 cm³/mol. The zero-order valence-corrected chi connectivity index (χ0v) is 14.2. The first-order valence-electron chi connectivity index (χ1n) is 8.32. The highest BCUT2D eigenvalue weighted by atomic mass is 16.5. The lowest BCUT2D eigenvalue weighted by molar-refractivity contribution is -0.155. The molecule has 1 saturated heterocycles. The largest absolute Gasteiger partial charge is 0.369 e. The monoisotopic (exact) mass is 342 g/mol. The van der Waals surface area contributed by atoms with E-state index in [1.807, 2.05) is 49.5 Å². The van der Waals surface area contributed by atoms with E-state index in [-0.39, 0.29) is 31.1 Å². The molecule has 1 fully saturated rings. The van der Waals surface area contributed by atoms with Gasteiger partial charge in [0.15, 0.2) is 0 Å². The number of nitrogens with zero attached hydrogens (tertiary/aromatic N) is 3. The lowest BCUT2D eigenvalue weighted by Gasteiger charge is -2.35. The molecule has 7 nitrogen and oxygen atoms in total. The molecule has 132 valence electrons. The van der Waals surface area contributed by atoms with Crippen LogP contribution in [0.15, 0.2) is 48.8 Å². The van der Waals surface area contributed by atoms with Crippen molar-refractivity contribution in [2.45, 2.75) is 32.1 Å². The van der Waals surface area contributed by atoms with Gasteiger partial charge in [-0.2, -0.15) is 5.10 Å². The predicted octanol–water partition coefficient (Wildman–Crippen LogP) is 0.815. The number of aromatic nitrogens is 2. The number of benzene rings is 1. The van der Waals surface area contributed by atoms with Crippen LogP contribution in [0.4, 0.5) is 0 Å². The molecule has 1 aliphatic heterocycles. The molecule has 1 N–H and O–H groups in total. The van der Waals surface area contributed by atoms with Crippen molar-refractivity contribution >= 4 is 11.8 Å². The van der Waals surface area contributed by atoms with Crippen LogP contribution in [0.2, 0.25) is 0 Å². The Morgan fingerprint density at radius 1 is 1.36 bits per heavy atom. The molecule has 1 aliphatic rings. The molecule has 2 heterocycles. The number of hydrogen-bond donors (Lipinski definition) is 1. The van der Waals surface area contributed by atoms with Crippen LogP contribution in [0.25, 0.3) is 0 Å². The van der Waals surface area contributed by atoms with Crippen molar-refractivity contribution in [3.8, 4) is 0 Å². The van der Waals surface area contributed by atoms with E-state index in [1.54, 1.807) is 15.8 Å². The summed E-state index contributed by atoms with van der Waals surface area (Å²) in [4.78, 5) is 26.5. The molecule has 1 aromatic heterocycles. The molecular weight excluding hydrogens is 320 g/mol. The molecule has 0 radical (unpaired) electrons. The third-order valence-electron chi connectivity index (χ3n) is 4.10. The van der Waals surface area contributed by atoms with E-state index in [0.717, 1.165) is 5.56 Å². The summed E-state index contributed by atoms with van der Waals surface area (Å²) in [7, 11) is 0. The molecule has 2 aromatic rings. The Kier molecular flexibility index (Phi) is 5.45. The van der Waals surface area contributed by atoms with E-state index in [0.29, 0.717) is 13.1 Å². The van der Waals surface area contributed by atoms with Gasteiger partial charge in [-0.05, 0) is 18.6 Å². The molecule has 1 aromatic carbocycles. The Labute approximate surface area is 146 Å². The third kappa shape index (κ3) is 4.45. The molecule has 3 rings (SSSR count). The fraction of sp³-hybridized carbons (Fsp3) is 0.389. The van der Waals surface area contributed by atoms with Crippen LogP contribution >= 0.6 is 0 Å². The summed E-state index contributed by atoms with van der Waals surface area (Å²) < 4.78 is 7.06. The van der Waals surface area contributed by atoms with Crippen molar-refractivity contribution < 1.29 is 14.3 Å². The highest BCUT2D eigenvalue weighted by molar-refractivity contribution is 5.89. The standard InChI is InChI=1S/C18H22N4O3/c1-14(10-21-9-5-8-19-21)20-18(24)16-12-25-13-17(23)22(16)11-15-6-3-2-4-7-15/h2-9,14,16H,10-13H2,1H3,(H,20,24)/t14-,16-/m0/s1. The SMILES string of the molecule is C[C@@H](Cn1cccn1)NC(=O)[C@@H]1COCC(=O)N1Cc1ccccc1. The van der Waals surface area contributed by atoms with E-state index < -0.39 is 6.04 Å². The minimum atomic E-state index is -0.624. The zero-order chi connectivity index (χ0) is 17.6. The minimum Gasteiger partial charge on any atom is -0.369 e. The van der Waals surface area contributed by atoms with Gasteiger partial charge >= 0.3 is 0 Å². The Hall–Kier alpha value is -2.67. The van der Waals surface area contributed by atoms with E-state index in [4.69, 9.17) is 4.74 Å². The van der Waals surface area contributed by atoms with Crippen LogP contribution in [-0.4, -0.2) is 51.8 Å². The maximum absolute atomic E-state index is 12.7. The molecule has 0 spiro atoms. The average Bonchev–Trinajstić information content (AvgIpc) is 3.10. The van der Waals surface area contributed by atoms with Gasteiger partial charge in [-0.3, -0.25) is 14.3 Å². The maximum Gasteiger partial charge on any atom is 0.249 e. The topological polar surface area (TPSA) is 76.5 Å². The number of hydrogen-bond acceptors (Lipinski definition) is 4. The Balaban J connectivity index is 1.64. The average molecular weight is 342 g/mol. The molecule has 0 saturated carbocycles. The van der Waals surface area contributed by atoms with Crippen molar-refractivity contribution in [1.29, 1.82) is 0 Å². The van der Waals surface area contributed by atoms with Gasteiger partial charge < -0.3 is 15.0 Å². The zero-order valence-electron chi connectivity index (χ0n) is 14.2. The second kappa shape index (κ2) is 7.94. The summed E-state index contributed by atoms with van der Waals surface area (Å²) >= 11 is 0. The quantitative estimate of drug-likeness (QED) is 0.843. The summed E-state index contributed by atoms with van der Waals surface area (Å²) in [5.74, 6) is -0.376. The number of carbonyl (C=O) groups excluding carboxylic acids is 2. The first-order chi connectivity index (χ1) is 12.1. The Morgan fingerprint density at radius 2 is 2.16 bits per heavy atom. The number of nitrogens with one attached hydrogen (secondary N) is 1. The minimum absolute atomic E-state index is 0.0133. The smallest absolute Gasteiger partial charge is 0.249 e. The van der Waals surface area contributed by atoms with Crippen LogP contribution in [0.1, 0.15) is 12.5 Å². The first-order valence-corrected chi connectivity index (χ1v) is 8.32. The fourth-order valence-electron chi connectivity index (χ4n) is 2.87. The van der Waals surface area contributed by atoms with Crippen molar-refractivity contribution in [3.05, 3.63) is 54.4 Å². The van der Waals surface area contributed by atoms with Crippen molar-refractivity contribution in [3.63, 3.8) is 0 Å². The second-order valence-electron chi connectivity index (χ2n) is 6.18. The Bertz CT molecular complexity index is 702. The lowest BCUT2D eigenvalue weighted by atomic mass is 10.1. The van der Waals surface area contributed by atoms with Crippen molar-refractivity contribution in [1.82, 2.24) is 20.0 Å². The number of ether oxygens (including phenoxy) is 1. The van der Waals surface area contributed by atoms with Gasteiger partial charge in [0.25, 0.3) is 0 Å². The molecule has 0 aliphatic carbocycles. The van der Waals surface area contributed by atoms with E-state index >= 15 is 0 Å². The van der Waals surface area contributed by atoms with E-state index in [2.05, 4.69) is 10.4 Å². The molecule has 2 amide bonds. The van der Waals surface area contributed by atoms with Gasteiger partial charge in [-0.1, -0.05) is 30.3 Å². The molecular formula is C18H22N4O3. The number of carbonyl (C=O) groups is 2. The molecule has 0 unspecified atom stereocenters. The third-order valence-corrected chi connectivity index (χ3v) is 4.10. The molecule has 0 bridgehead atoms. The second-order valence-corrected chi connectivity index (χ2v) is 6.18. The number of amides is 2. The Morgan fingerprint density at radius 3 is 2.88 bits per heavy atom. The van der Waals surface area contributed by atoms with E-state index in [1.165, 1.54) is 0 Å². The molecule has 7 heteroatoms. The molecule has 2 atom stereocenters. The normalized spacial score (nSPS) is 18.8. The van der Waals surface area contributed by atoms with Gasteiger partial charge in [-0.25, -0.2) is 0 Å².